The van der Waals surface area contributed by atoms with Gasteiger partial charge in [0.05, 0.1) is 6.10 Å². The molecule has 1 aromatic carbocycles. The van der Waals surface area contributed by atoms with Gasteiger partial charge in [-0.15, -0.1) is 11.6 Å². The van der Waals surface area contributed by atoms with Crippen molar-refractivity contribution in [1.29, 1.82) is 0 Å². The fourth-order valence-corrected chi connectivity index (χ4v) is 2.30. The third-order valence-electron chi connectivity index (χ3n) is 2.95. The Morgan fingerprint density at radius 2 is 2.27 bits per heavy atom. The lowest BCUT2D eigenvalue weighted by molar-refractivity contribution is 0.121. The van der Waals surface area contributed by atoms with Crippen molar-refractivity contribution < 1.29 is 4.74 Å². The van der Waals surface area contributed by atoms with E-state index >= 15 is 0 Å². The Labute approximate surface area is 95.8 Å². The summed E-state index contributed by atoms with van der Waals surface area (Å²) in [5, 5.41) is 0. The summed E-state index contributed by atoms with van der Waals surface area (Å²) in [6, 6.07) is 8.31. The van der Waals surface area contributed by atoms with Gasteiger partial charge in [-0.05, 0) is 18.1 Å². The number of alkyl halides is 1. The first-order valence-electron chi connectivity index (χ1n) is 5.26. The van der Waals surface area contributed by atoms with Gasteiger partial charge in [0.15, 0.2) is 0 Å². The number of nitrogens with zero attached hydrogens (tertiary/aromatic N) is 1. The Balaban J connectivity index is 2.16. The van der Waals surface area contributed by atoms with Gasteiger partial charge in [0, 0.05) is 31.8 Å². The van der Waals surface area contributed by atoms with Crippen molar-refractivity contribution in [2.24, 2.45) is 0 Å². The Bertz CT molecular complexity index is 329. The number of hydrogen-bond acceptors (Lipinski definition) is 2. The van der Waals surface area contributed by atoms with Crippen molar-refractivity contribution in [3.63, 3.8) is 0 Å². The van der Waals surface area contributed by atoms with Gasteiger partial charge in [0.1, 0.15) is 0 Å². The molecule has 82 valence electrons. The van der Waals surface area contributed by atoms with Crippen LogP contribution < -0.4 is 4.90 Å². The van der Waals surface area contributed by atoms with Crippen LogP contribution in [0.3, 0.4) is 0 Å². The van der Waals surface area contributed by atoms with E-state index < -0.39 is 0 Å². The number of rotatable bonds is 3. The number of para-hydroxylation sites is 1. The molecular weight excluding hydrogens is 210 g/mol. The maximum atomic E-state index is 5.92. The fraction of sp³-hybridized carbons (Fsp3) is 0.500. The summed E-state index contributed by atoms with van der Waals surface area (Å²) in [5.41, 5.74) is 2.46. The lowest BCUT2D eigenvalue weighted by Gasteiger charge is -2.21. The van der Waals surface area contributed by atoms with Gasteiger partial charge in [-0.1, -0.05) is 18.2 Å². The molecule has 0 aliphatic carbocycles. The van der Waals surface area contributed by atoms with Crippen LogP contribution in [0.5, 0.6) is 0 Å². The summed E-state index contributed by atoms with van der Waals surface area (Å²) in [6.45, 7) is 2.04. The Morgan fingerprint density at radius 3 is 2.93 bits per heavy atom. The lowest BCUT2D eigenvalue weighted by atomic mass is 10.2. The molecule has 1 saturated heterocycles. The van der Waals surface area contributed by atoms with E-state index in [1.165, 1.54) is 11.3 Å². The average molecular weight is 226 g/mol. The molecule has 1 aliphatic heterocycles. The van der Waals surface area contributed by atoms with E-state index in [9.17, 15) is 0 Å². The highest BCUT2D eigenvalue weighted by molar-refractivity contribution is 6.17. The summed E-state index contributed by atoms with van der Waals surface area (Å²) in [7, 11) is 1.78. The minimum absolute atomic E-state index is 0.369. The van der Waals surface area contributed by atoms with E-state index in [0.29, 0.717) is 12.0 Å². The number of anilines is 1. The first kappa shape index (κ1) is 10.8. The largest absolute Gasteiger partial charge is 0.380 e. The molecule has 1 aliphatic rings. The van der Waals surface area contributed by atoms with Crippen molar-refractivity contribution in [1.82, 2.24) is 0 Å². The summed E-state index contributed by atoms with van der Waals surface area (Å²) < 4.78 is 5.36. The van der Waals surface area contributed by atoms with E-state index in [2.05, 4.69) is 23.1 Å². The van der Waals surface area contributed by atoms with Crippen LogP contribution in [0.2, 0.25) is 0 Å². The van der Waals surface area contributed by atoms with Crippen molar-refractivity contribution >= 4 is 17.3 Å². The van der Waals surface area contributed by atoms with Crippen molar-refractivity contribution in [3.05, 3.63) is 29.8 Å². The molecule has 3 heteroatoms. The monoisotopic (exact) mass is 225 g/mol. The predicted octanol–water partition coefficient (Wildman–Crippen LogP) is 2.65. The maximum Gasteiger partial charge on any atom is 0.0762 e. The van der Waals surface area contributed by atoms with Crippen molar-refractivity contribution in [3.8, 4) is 0 Å². The zero-order valence-electron chi connectivity index (χ0n) is 8.95. The van der Waals surface area contributed by atoms with Crippen molar-refractivity contribution in [2.45, 2.75) is 18.4 Å². The van der Waals surface area contributed by atoms with E-state index in [1.54, 1.807) is 7.11 Å². The highest BCUT2D eigenvalue weighted by Gasteiger charge is 2.23. The molecule has 2 nitrogen and oxygen atoms in total. The van der Waals surface area contributed by atoms with Crippen LogP contribution in [-0.2, 0) is 10.6 Å². The number of ether oxygens (including phenoxy) is 1. The highest BCUT2D eigenvalue weighted by Crippen LogP contribution is 2.26. The molecule has 0 aromatic heterocycles. The topological polar surface area (TPSA) is 12.5 Å². The van der Waals surface area contributed by atoms with Crippen LogP contribution in [0.15, 0.2) is 24.3 Å². The Morgan fingerprint density at radius 1 is 1.47 bits per heavy atom. The van der Waals surface area contributed by atoms with Gasteiger partial charge in [-0.25, -0.2) is 0 Å². The first-order valence-corrected chi connectivity index (χ1v) is 5.80. The summed E-state index contributed by atoms with van der Waals surface area (Å²) in [4.78, 5) is 2.35. The molecule has 0 bridgehead atoms. The van der Waals surface area contributed by atoms with Crippen molar-refractivity contribution in [2.75, 3.05) is 25.1 Å². The lowest BCUT2D eigenvalue weighted by Crippen LogP contribution is -2.23. The van der Waals surface area contributed by atoms with E-state index in [0.717, 1.165) is 19.5 Å². The number of halogens is 1. The van der Waals surface area contributed by atoms with Gasteiger partial charge in [-0.2, -0.15) is 0 Å². The standard InChI is InChI=1S/C12H16ClNO/c1-15-11-6-7-14(9-11)12-5-3-2-4-10(12)8-13/h2-5,11H,6-9H2,1H3. The summed E-state index contributed by atoms with van der Waals surface area (Å²) in [6.07, 6.45) is 1.47. The smallest absolute Gasteiger partial charge is 0.0762 e. The number of hydrogen-bond donors (Lipinski definition) is 0. The van der Waals surface area contributed by atoms with Crippen LogP contribution in [0.4, 0.5) is 5.69 Å². The zero-order valence-corrected chi connectivity index (χ0v) is 9.70. The SMILES string of the molecule is COC1CCN(c2ccccc2CCl)C1. The Kier molecular flexibility index (Phi) is 3.49. The predicted molar refractivity (Wildman–Crippen MR) is 63.6 cm³/mol. The Hall–Kier alpha value is -0.730. The molecule has 0 saturated carbocycles. The second-order valence-corrected chi connectivity index (χ2v) is 4.12. The van der Waals surface area contributed by atoms with Gasteiger partial charge in [0.25, 0.3) is 0 Å². The number of benzene rings is 1. The van der Waals surface area contributed by atoms with Gasteiger partial charge >= 0.3 is 0 Å². The second-order valence-electron chi connectivity index (χ2n) is 3.85. The zero-order chi connectivity index (χ0) is 10.7. The quantitative estimate of drug-likeness (QED) is 0.734. The number of methoxy groups -OCH3 is 1. The molecule has 0 radical (unpaired) electrons. The molecule has 0 N–H and O–H groups in total. The molecule has 1 unspecified atom stereocenters. The van der Waals surface area contributed by atoms with Gasteiger partial charge in [-0.3, -0.25) is 0 Å². The van der Waals surface area contributed by atoms with Crippen LogP contribution >= 0.6 is 11.6 Å². The van der Waals surface area contributed by atoms with Crippen LogP contribution in [0.1, 0.15) is 12.0 Å². The molecule has 15 heavy (non-hydrogen) atoms. The van der Waals surface area contributed by atoms with Gasteiger partial charge in [0.2, 0.25) is 0 Å². The molecular formula is C12H16ClNO. The second kappa shape index (κ2) is 4.86. The summed E-state index contributed by atoms with van der Waals surface area (Å²) >= 11 is 5.92. The molecule has 0 amide bonds. The fourth-order valence-electron chi connectivity index (χ4n) is 2.07. The molecule has 1 fully saturated rings. The molecule has 1 aromatic rings. The molecule has 0 spiro atoms. The van der Waals surface area contributed by atoms with E-state index in [1.807, 2.05) is 6.07 Å². The summed E-state index contributed by atoms with van der Waals surface area (Å²) in [5.74, 6) is 0.574. The minimum atomic E-state index is 0.369. The van der Waals surface area contributed by atoms with E-state index in [-0.39, 0.29) is 0 Å². The van der Waals surface area contributed by atoms with Gasteiger partial charge < -0.3 is 9.64 Å². The van der Waals surface area contributed by atoms with Crippen LogP contribution in [0, 0.1) is 0 Å². The minimum Gasteiger partial charge on any atom is -0.380 e. The molecule has 2 rings (SSSR count). The molecule has 1 atom stereocenters. The molecule has 1 heterocycles. The average Bonchev–Trinajstić information content (AvgIpc) is 2.77. The third kappa shape index (κ3) is 2.27. The van der Waals surface area contributed by atoms with E-state index in [4.69, 9.17) is 16.3 Å². The maximum absolute atomic E-state index is 5.92. The first-order chi connectivity index (χ1) is 7.35. The van der Waals surface area contributed by atoms with Crippen LogP contribution in [0.25, 0.3) is 0 Å². The third-order valence-corrected chi connectivity index (χ3v) is 3.24. The normalized spacial score (nSPS) is 20.9. The highest BCUT2D eigenvalue weighted by atomic mass is 35.5. The van der Waals surface area contributed by atoms with Crippen LogP contribution in [-0.4, -0.2) is 26.3 Å².